The van der Waals surface area contributed by atoms with Crippen LogP contribution < -0.4 is 15.4 Å². The Bertz CT molecular complexity index is 1500. The molecular weight excluding hydrogens is 632 g/mol. The van der Waals surface area contributed by atoms with Gasteiger partial charge in [0.25, 0.3) is 0 Å². The van der Waals surface area contributed by atoms with Crippen LogP contribution in [0.15, 0.2) is 65.8 Å². The maximum Gasteiger partial charge on any atom is 0.407 e. The summed E-state index contributed by atoms with van der Waals surface area (Å²) in [5.41, 5.74) is 1.94. The Hall–Kier alpha value is -4.06. The first kappa shape index (κ1) is 35.3. The van der Waals surface area contributed by atoms with E-state index in [2.05, 4.69) is 10.6 Å². The lowest BCUT2D eigenvalue weighted by Crippen LogP contribution is -2.67. The lowest BCUT2D eigenvalue weighted by Gasteiger charge is -2.41. The van der Waals surface area contributed by atoms with Crippen molar-refractivity contribution in [3.63, 3.8) is 0 Å². The van der Waals surface area contributed by atoms with Crippen molar-refractivity contribution in [2.75, 3.05) is 13.4 Å². The number of phenols is 1. The van der Waals surface area contributed by atoms with Crippen molar-refractivity contribution in [3.05, 3.63) is 76.9 Å². The zero-order chi connectivity index (χ0) is 34.5. The number of fused-ring (bicyclic) bond motifs is 1. The maximum absolute atomic E-state index is 12.9. The van der Waals surface area contributed by atoms with Gasteiger partial charge in [-0.25, -0.2) is 4.79 Å². The van der Waals surface area contributed by atoms with Gasteiger partial charge in [-0.2, -0.15) is 0 Å². The standard InChI is InChI=1S/C33H40N2O13/c1-16(10-11-44-33(43)34-14-18-6-4-3-5-7-18)28-26(40)27(41)32(48-28)47-21-9-8-19(13-20(21)36)12-17(2)31(42)35-22-23(37)25(39)30-29(24(22)38)45-15-46-30/h3-10,12-13,22-30,32,36-41H,11,14-15H2,1-2H3,(H,34,43)(H,35,42)/b16-10+,17-12+/t22-,23+,24-,25-,26+,27+,28+,29+,30-,32+/m1/s1. The van der Waals surface area contributed by atoms with Crippen LogP contribution in [-0.2, 0) is 30.3 Å². The number of nitrogens with one attached hydrogen (secondary N) is 2. The number of carbonyl (C=O) groups is 2. The third-order valence-corrected chi connectivity index (χ3v) is 8.44. The van der Waals surface area contributed by atoms with Crippen LogP contribution in [-0.4, -0.2) is 117 Å². The smallest absolute Gasteiger partial charge is 0.407 e. The molecule has 0 bridgehead atoms. The topological polar surface area (TPSA) is 226 Å². The van der Waals surface area contributed by atoms with Gasteiger partial charge in [0, 0.05) is 12.1 Å². The summed E-state index contributed by atoms with van der Waals surface area (Å²) in [5.74, 6) is -1.06. The molecule has 3 aliphatic rings. The van der Waals surface area contributed by atoms with Crippen LogP contribution in [0.1, 0.15) is 25.0 Å². The molecule has 0 spiro atoms. The molecule has 2 saturated heterocycles. The SMILES string of the molecule is C/C(=C\c1ccc(O[C@H]2O[C@@H](/C(C)=C/COC(=O)NCc3ccccc3)[C@@H](O)[C@@H]2O)c(O)c1)C(=O)N[C@@H]1[C@H](O)[C@@H](O)[C@H]2OCO[C@H]2[C@@H]1O. The van der Waals surface area contributed by atoms with E-state index in [0.29, 0.717) is 17.7 Å². The molecule has 10 atom stereocenters. The molecule has 1 saturated carbocycles. The zero-order valence-electron chi connectivity index (χ0n) is 26.2. The number of benzene rings is 2. The summed E-state index contributed by atoms with van der Waals surface area (Å²) in [5, 5.41) is 68.3. The molecule has 2 aromatic rings. The molecule has 2 amide bonds. The van der Waals surface area contributed by atoms with Crippen LogP contribution in [0.5, 0.6) is 11.5 Å². The fraction of sp³-hybridized carbons (Fsp3) is 0.455. The Morgan fingerprint density at radius 3 is 2.33 bits per heavy atom. The van der Waals surface area contributed by atoms with Gasteiger partial charge in [0.05, 0.1) is 6.04 Å². The lowest BCUT2D eigenvalue weighted by molar-refractivity contribution is -0.155. The van der Waals surface area contributed by atoms with Gasteiger partial charge in [-0.1, -0.05) is 36.4 Å². The number of hydrogen-bond acceptors (Lipinski definition) is 13. The van der Waals surface area contributed by atoms with E-state index in [9.17, 15) is 40.2 Å². The van der Waals surface area contributed by atoms with Crippen molar-refractivity contribution in [1.29, 1.82) is 0 Å². The number of hydrogen-bond donors (Lipinski definition) is 8. The average Bonchev–Trinajstić information content (AvgIpc) is 3.68. The minimum Gasteiger partial charge on any atom is -0.504 e. The summed E-state index contributed by atoms with van der Waals surface area (Å²) in [6, 6.07) is 12.3. The maximum atomic E-state index is 12.9. The van der Waals surface area contributed by atoms with Crippen molar-refractivity contribution < 1.29 is 63.9 Å². The van der Waals surface area contributed by atoms with E-state index in [0.717, 1.165) is 5.56 Å². The zero-order valence-corrected chi connectivity index (χ0v) is 26.2. The molecule has 0 unspecified atom stereocenters. The fourth-order valence-electron chi connectivity index (χ4n) is 5.69. The van der Waals surface area contributed by atoms with Gasteiger partial charge in [-0.15, -0.1) is 0 Å². The molecule has 8 N–H and O–H groups in total. The van der Waals surface area contributed by atoms with Gasteiger partial charge in [0.2, 0.25) is 12.2 Å². The van der Waals surface area contributed by atoms with Crippen molar-refractivity contribution in [1.82, 2.24) is 10.6 Å². The molecule has 1 aliphatic carbocycles. The summed E-state index contributed by atoms with van der Waals surface area (Å²) >= 11 is 0. The molecular formula is C33H40N2O13. The number of alkyl carbamates (subject to hydrolysis) is 1. The second-order valence-corrected chi connectivity index (χ2v) is 11.8. The van der Waals surface area contributed by atoms with Crippen LogP contribution in [0.4, 0.5) is 4.79 Å². The monoisotopic (exact) mass is 672 g/mol. The van der Waals surface area contributed by atoms with Gasteiger partial charge >= 0.3 is 6.09 Å². The van der Waals surface area contributed by atoms with E-state index in [-0.39, 0.29) is 30.5 Å². The first-order valence-electron chi connectivity index (χ1n) is 15.3. The van der Waals surface area contributed by atoms with E-state index in [1.165, 1.54) is 37.3 Å². The third-order valence-electron chi connectivity index (χ3n) is 8.44. The van der Waals surface area contributed by atoms with Crippen LogP contribution in [0.3, 0.4) is 0 Å². The van der Waals surface area contributed by atoms with Gasteiger partial charge < -0.3 is 65.0 Å². The van der Waals surface area contributed by atoms with E-state index in [1.54, 1.807) is 6.92 Å². The minimum absolute atomic E-state index is 0.0676. The average molecular weight is 673 g/mol. The number of rotatable bonds is 10. The predicted molar refractivity (Wildman–Crippen MR) is 166 cm³/mol. The molecule has 0 aromatic heterocycles. The van der Waals surface area contributed by atoms with Crippen LogP contribution in [0.25, 0.3) is 6.08 Å². The van der Waals surface area contributed by atoms with E-state index in [4.69, 9.17) is 23.7 Å². The van der Waals surface area contributed by atoms with Gasteiger partial charge in [0.1, 0.15) is 62.2 Å². The van der Waals surface area contributed by atoms with Crippen LogP contribution >= 0.6 is 0 Å². The number of ether oxygens (including phenoxy) is 5. The summed E-state index contributed by atoms with van der Waals surface area (Å²) in [7, 11) is 0. The van der Waals surface area contributed by atoms with Crippen molar-refractivity contribution in [3.8, 4) is 11.5 Å². The Morgan fingerprint density at radius 2 is 1.62 bits per heavy atom. The highest BCUT2D eigenvalue weighted by atomic mass is 16.7. The largest absolute Gasteiger partial charge is 0.504 e. The molecule has 260 valence electrons. The van der Waals surface area contributed by atoms with Crippen molar-refractivity contribution >= 4 is 18.1 Å². The second kappa shape index (κ2) is 15.4. The molecule has 15 nitrogen and oxygen atoms in total. The number of aromatic hydroxyl groups is 1. The quantitative estimate of drug-likeness (QED) is 0.121. The fourth-order valence-corrected chi connectivity index (χ4v) is 5.69. The molecule has 2 aliphatic heterocycles. The Balaban J connectivity index is 1.13. The molecule has 3 fully saturated rings. The number of aliphatic hydroxyl groups excluding tert-OH is 5. The predicted octanol–water partition coefficient (Wildman–Crippen LogP) is -0.184. The Kier molecular flexibility index (Phi) is 11.3. The first-order valence-corrected chi connectivity index (χ1v) is 15.3. The van der Waals surface area contributed by atoms with Gasteiger partial charge in [0.15, 0.2) is 11.5 Å². The number of carbonyl (C=O) groups excluding carboxylic acids is 2. The molecule has 5 rings (SSSR count). The Labute approximate surface area is 276 Å². The first-order chi connectivity index (χ1) is 22.9. The molecule has 2 heterocycles. The minimum atomic E-state index is -1.50. The number of phenolic OH excluding ortho intramolecular Hbond substituents is 1. The molecule has 15 heteroatoms. The highest BCUT2D eigenvalue weighted by Gasteiger charge is 2.53. The molecule has 2 aromatic carbocycles. The third kappa shape index (κ3) is 7.97. The normalized spacial score (nSPS) is 32.0. The van der Waals surface area contributed by atoms with E-state index >= 15 is 0 Å². The highest BCUT2D eigenvalue weighted by Crippen LogP contribution is 2.34. The second-order valence-electron chi connectivity index (χ2n) is 11.8. The van der Waals surface area contributed by atoms with Crippen molar-refractivity contribution in [2.45, 2.75) is 81.6 Å². The molecule has 48 heavy (non-hydrogen) atoms. The van der Waals surface area contributed by atoms with E-state index < -0.39 is 73.2 Å². The summed E-state index contributed by atoms with van der Waals surface area (Å²) < 4.78 is 27.0. The van der Waals surface area contributed by atoms with Gasteiger partial charge in [-0.05, 0) is 54.8 Å². The summed E-state index contributed by atoms with van der Waals surface area (Å²) in [6.45, 7) is 3.15. The van der Waals surface area contributed by atoms with E-state index in [1.807, 2.05) is 30.3 Å². The number of amides is 2. The highest BCUT2D eigenvalue weighted by molar-refractivity contribution is 5.97. The Morgan fingerprint density at radius 1 is 0.917 bits per heavy atom. The summed E-state index contributed by atoms with van der Waals surface area (Å²) in [6.07, 6.45) is -8.87. The van der Waals surface area contributed by atoms with Crippen LogP contribution in [0.2, 0.25) is 0 Å². The van der Waals surface area contributed by atoms with Crippen molar-refractivity contribution in [2.24, 2.45) is 0 Å². The molecule has 0 radical (unpaired) electrons. The van der Waals surface area contributed by atoms with Gasteiger partial charge in [-0.3, -0.25) is 4.79 Å². The number of aliphatic hydroxyl groups is 5. The summed E-state index contributed by atoms with van der Waals surface area (Å²) in [4.78, 5) is 24.9. The lowest BCUT2D eigenvalue weighted by atomic mass is 9.83. The van der Waals surface area contributed by atoms with Crippen LogP contribution in [0, 0.1) is 0 Å².